The first kappa shape index (κ1) is 13.4. The predicted molar refractivity (Wildman–Crippen MR) is 71.7 cm³/mol. The van der Waals surface area contributed by atoms with E-state index in [1.165, 1.54) is 44.9 Å². The van der Waals surface area contributed by atoms with Crippen molar-refractivity contribution in [1.82, 2.24) is 5.32 Å². The van der Waals surface area contributed by atoms with Gasteiger partial charge in [-0.1, -0.05) is 33.1 Å². The van der Waals surface area contributed by atoms with Crippen LogP contribution in [0.3, 0.4) is 0 Å². The first-order valence-electron chi connectivity index (χ1n) is 6.60. The molecular weight excluding hydrogens is 202 g/mol. The summed E-state index contributed by atoms with van der Waals surface area (Å²) in [6.45, 7) is 4.60. The van der Waals surface area contributed by atoms with Crippen LogP contribution in [-0.2, 0) is 0 Å². The van der Waals surface area contributed by atoms with E-state index in [0.29, 0.717) is 0 Å². The van der Waals surface area contributed by atoms with Gasteiger partial charge >= 0.3 is 0 Å². The summed E-state index contributed by atoms with van der Waals surface area (Å²) in [5, 5.41) is 4.75. The second-order valence-electron chi connectivity index (χ2n) is 4.73. The molecule has 90 valence electrons. The molecule has 1 aliphatic rings. The number of nitrogens with one attached hydrogen (secondary N) is 1. The van der Waals surface area contributed by atoms with E-state index >= 15 is 0 Å². The molecule has 0 aliphatic heterocycles. The predicted octanol–water partition coefficient (Wildman–Crippen LogP) is 3.83. The van der Waals surface area contributed by atoms with Crippen molar-refractivity contribution in [2.45, 2.75) is 76.1 Å². The molecule has 0 aromatic rings. The summed E-state index contributed by atoms with van der Waals surface area (Å²) in [6.07, 6.45) is 11.9. The topological polar surface area (TPSA) is 12.0 Å². The first-order chi connectivity index (χ1) is 7.31. The van der Waals surface area contributed by atoms with E-state index in [1.807, 2.05) is 0 Å². The van der Waals surface area contributed by atoms with Gasteiger partial charge < -0.3 is 5.32 Å². The standard InChI is InChI=1S/C13H27NS/c1-4-8-11(5-2)14-12-9-6-7-10-13(12)15-3/h11-14H,4-10H2,1-3H3. The van der Waals surface area contributed by atoms with Crippen molar-refractivity contribution in [3.8, 4) is 0 Å². The lowest BCUT2D eigenvalue weighted by molar-refractivity contribution is 0.329. The third-order valence-electron chi connectivity index (χ3n) is 3.59. The van der Waals surface area contributed by atoms with Gasteiger partial charge in [0, 0.05) is 17.3 Å². The molecular formula is C13H27NS. The van der Waals surface area contributed by atoms with Crippen LogP contribution in [0.5, 0.6) is 0 Å². The zero-order valence-corrected chi connectivity index (χ0v) is 11.4. The van der Waals surface area contributed by atoms with Gasteiger partial charge in [-0.3, -0.25) is 0 Å². The lowest BCUT2D eigenvalue weighted by atomic mass is 9.93. The molecule has 3 unspecified atom stereocenters. The van der Waals surface area contributed by atoms with Gasteiger partial charge in [-0.05, 0) is 31.9 Å². The molecule has 0 radical (unpaired) electrons. The fourth-order valence-corrected chi connectivity index (χ4v) is 3.57. The van der Waals surface area contributed by atoms with Crippen LogP contribution in [0.1, 0.15) is 58.8 Å². The van der Waals surface area contributed by atoms with Crippen molar-refractivity contribution in [3.05, 3.63) is 0 Å². The van der Waals surface area contributed by atoms with Crippen molar-refractivity contribution in [3.63, 3.8) is 0 Å². The number of rotatable bonds is 6. The highest BCUT2D eigenvalue weighted by Gasteiger charge is 2.25. The molecule has 15 heavy (non-hydrogen) atoms. The van der Waals surface area contributed by atoms with Crippen LogP contribution < -0.4 is 5.32 Å². The van der Waals surface area contributed by atoms with Gasteiger partial charge in [-0.2, -0.15) is 11.8 Å². The molecule has 1 N–H and O–H groups in total. The fourth-order valence-electron chi connectivity index (χ4n) is 2.63. The Bertz CT molecular complexity index is 161. The molecule has 1 nitrogen and oxygen atoms in total. The molecule has 1 aliphatic carbocycles. The van der Waals surface area contributed by atoms with E-state index < -0.39 is 0 Å². The molecule has 0 aromatic heterocycles. The van der Waals surface area contributed by atoms with E-state index in [9.17, 15) is 0 Å². The fraction of sp³-hybridized carbons (Fsp3) is 1.00. The molecule has 0 bridgehead atoms. The molecule has 0 amide bonds. The lowest BCUT2D eigenvalue weighted by Gasteiger charge is -2.34. The molecule has 0 heterocycles. The van der Waals surface area contributed by atoms with Crippen molar-refractivity contribution >= 4 is 11.8 Å². The highest BCUT2D eigenvalue weighted by molar-refractivity contribution is 7.99. The SMILES string of the molecule is CCCC(CC)NC1CCCCC1SC. The van der Waals surface area contributed by atoms with E-state index in [1.54, 1.807) is 0 Å². The van der Waals surface area contributed by atoms with Crippen LogP contribution in [0.4, 0.5) is 0 Å². The maximum atomic E-state index is 3.89. The Morgan fingerprint density at radius 1 is 1.27 bits per heavy atom. The average Bonchev–Trinajstić information content (AvgIpc) is 2.29. The van der Waals surface area contributed by atoms with E-state index in [0.717, 1.165) is 17.3 Å². The summed E-state index contributed by atoms with van der Waals surface area (Å²) in [5.74, 6) is 0. The quantitative estimate of drug-likeness (QED) is 0.743. The van der Waals surface area contributed by atoms with Gasteiger partial charge in [0.25, 0.3) is 0 Å². The summed E-state index contributed by atoms with van der Waals surface area (Å²) in [4.78, 5) is 0. The van der Waals surface area contributed by atoms with Crippen molar-refractivity contribution in [2.75, 3.05) is 6.26 Å². The monoisotopic (exact) mass is 229 g/mol. The van der Waals surface area contributed by atoms with E-state index in [4.69, 9.17) is 0 Å². The molecule has 0 aromatic carbocycles. The van der Waals surface area contributed by atoms with Gasteiger partial charge in [-0.25, -0.2) is 0 Å². The van der Waals surface area contributed by atoms with E-state index in [2.05, 4.69) is 37.2 Å². The van der Waals surface area contributed by atoms with Crippen molar-refractivity contribution < 1.29 is 0 Å². The second kappa shape index (κ2) is 7.56. The molecule has 1 fully saturated rings. The molecule has 1 rings (SSSR count). The summed E-state index contributed by atoms with van der Waals surface area (Å²) < 4.78 is 0. The normalized spacial score (nSPS) is 29.0. The van der Waals surface area contributed by atoms with Crippen LogP contribution in [0.15, 0.2) is 0 Å². The molecule has 0 saturated heterocycles. The van der Waals surface area contributed by atoms with Crippen LogP contribution in [0.25, 0.3) is 0 Å². The van der Waals surface area contributed by atoms with Gasteiger partial charge in [0.15, 0.2) is 0 Å². The minimum Gasteiger partial charge on any atom is -0.310 e. The minimum atomic E-state index is 0.757. The van der Waals surface area contributed by atoms with Crippen LogP contribution in [0, 0.1) is 0 Å². The Kier molecular flexibility index (Phi) is 6.74. The maximum Gasteiger partial charge on any atom is 0.0198 e. The third kappa shape index (κ3) is 4.36. The summed E-state index contributed by atoms with van der Waals surface area (Å²) in [7, 11) is 0. The molecule has 1 saturated carbocycles. The lowest BCUT2D eigenvalue weighted by Crippen LogP contribution is -2.45. The van der Waals surface area contributed by atoms with Crippen molar-refractivity contribution in [2.24, 2.45) is 0 Å². The van der Waals surface area contributed by atoms with Crippen molar-refractivity contribution in [1.29, 1.82) is 0 Å². The summed E-state index contributed by atoms with van der Waals surface area (Å²) in [6, 6.07) is 1.54. The Balaban J connectivity index is 2.38. The number of hydrogen-bond acceptors (Lipinski definition) is 2. The first-order valence-corrected chi connectivity index (χ1v) is 7.89. The Labute approximate surface area is 99.8 Å². The zero-order chi connectivity index (χ0) is 11.1. The Morgan fingerprint density at radius 2 is 2.00 bits per heavy atom. The third-order valence-corrected chi connectivity index (χ3v) is 4.75. The number of thioether (sulfide) groups is 1. The smallest absolute Gasteiger partial charge is 0.0198 e. The van der Waals surface area contributed by atoms with Gasteiger partial charge in [0.05, 0.1) is 0 Å². The number of hydrogen-bond donors (Lipinski definition) is 1. The van der Waals surface area contributed by atoms with Gasteiger partial charge in [-0.15, -0.1) is 0 Å². The summed E-state index contributed by atoms with van der Waals surface area (Å²) >= 11 is 2.06. The van der Waals surface area contributed by atoms with Gasteiger partial charge in [0.2, 0.25) is 0 Å². The summed E-state index contributed by atoms with van der Waals surface area (Å²) in [5.41, 5.74) is 0. The molecule has 3 atom stereocenters. The van der Waals surface area contributed by atoms with E-state index in [-0.39, 0.29) is 0 Å². The Hall–Kier alpha value is 0.310. The van der Waals surface area contributed by atoms with Crippen LogP contribution >= 0.6 is 11.8 Å². The average molecular weight is 229 g/mol. The largest absolute Gasteiger partial charge is 0.310 e. The van der Waals surface area contributed by atoms with Crippen LogP contribution in [0.2, 0.25) is 0 Å². The molecule has 2 heteroatoms. The second-order valence-corrected chi connectivity index (χ2v) is 5.80. The van der Waals surface area contributed by atoms with Gasteiger partial charge in [0.1, 0.15) is 0 Å². The minimum absolute atomic E-state index is 0.757. The Morgan fingerprint density at radius 3 is 2.60 bits per heavy atom. The zero-order valence-electron chi connectivity index (χ0n) is 10.6. The molecule has 0 spiro atoms. The highest BCUT2D eigenvalue weighted by atomic mass is 32.2. The maximum absolute atomic E-state index is 3.89. The highest BCUT2D eigenvalue weighted by Crippen LogP contribution is 2.27. The van der Waals surface area contributed by atoms with Crippen LogP contribution in [-0.4, -0.2) is 23.6 Å².